The number of anilines is 1. The summed E-state index contributed by atoms with van der Waals surface area (Å²) in [7, 11) is -3.90. The second-order valence-electron chi connectivity index (χ2n) is 9.77. The molecule has 2 fully saturated rings. The maximum Gasteiger partial charge on any atom is 0.248 e. The Hall–Kier alpha value is -3.57. The van der Waals surface area contributed by atoms with Gasteiger partial charge in [0.05, 0.1) is 5.92 Å². The van der Waals surface area contributed by atoms with Gasteiger partial charge in [-0.3, -0.25) is 4.79 Å². The molecule has 0 N–H and O–H groups in total. The fraction of sp³-hybridized carbons (Fsp3) is 0.407. The lowest BCUT2D eigenvalue weighted by molar-refractivity contribution is -0.137. The summed E-state index contributed by atoms with van der Waals surface area (Å²) in [4.78, 5) is 25.9. The van der Waals surface area contributed by atoms with Crippen LogP contribution in [0.2, 0.25) is 0 Å². The second kappa shape index (κ2) is 11.0. The van der Waals surface area contributed by atoms with E-state index in [0.717, 1.165) is 11.1 Å². The standard InChI is InChI=1S/C27H32N6O4S/c1-20-6-8-22(9-7-20)10-11-24-25(21(2)30-37-24)38(35,36)33-14-3-5-23(19-33)26(34)31-15-17-32(18-16-31)27-28-12-4-13-29-27/h4,6-13,23H,3,5,14-19H2,1-2H3/b11-10+/t23-/m1/s1. The zero-order valence-corrected chi connectivity index (χ0v) is 22.5. The molecule has 5 rings (SSSR count). The number of piperazine rings is 1. The van der Waals surface area contributed by atoms with Gasteiger partial charge in [-0.2, -0.15) is 4.31 Å². The van der Waals surface area contributed by atoms with Crippen LogP contribution in [-0.2, 0) is 14.8 Å². The number of hydrogen-bond acceptors (Lipinski definition) is 8. The largest absolute Gasteiger partial charge is 0.355 e. The minimum Gasteiger partial charge on any atom is -0.355 e. The molecule has 1 aromatic carbocycles. The minimum atomic E-state index is -3.90. The Balaban J connectivity index is 1.27. The Morgan fingerprint density at radius 2 is 1.71 bits per heavy atom. The molecule has 200 valence electrons. The maximum atomic E-state index is 13.7. The van der Waals surface area contributed by atoms with Gasteiger partial charge in [-0.05, 0) is 44.4 Å². The molecule has 38 heavy (non-hydrogen) atoms. The van der Waals surface area contributed by atoms with Crippen molar-refractivity contribution in [2.24, 2.45) is 5.92 Å². The first-order valence-corrected chi connectivity index (χ1v) is 14.3. The summed E-state index contributed by atoms with van der Waals surface area (Å²) < 4.78 is 34.3. The van der Waals surface area contributed by atoms with Crippen molar-refractivity contribution in [1.29, 1.82) is 0 Å². The predicted molar refractivity (Wildman–Crippen MR) is 144 cm³/mol. The first-order valence-electron chi connectivity index (χ1n) is 12.8. The third-order valence-corrected chi connectivity index (χ3v) is 9.12. The topological polar surface area (TPSA) is 113 Å². The Labute approximate surface area is 223 Å². The number of sulfonamides is 1. The molecule has 0 saturated carbocycles. The van der Waals surface area contributed by atoms with Crippen LogP contribution in [-0.4, -0.2) is 77.9 Å². The van der Waals surface area contributed by atoms with Gasteiger partial charge in [0, 0.05) is 51.7 Å². The Morgan fingerprint density at radius 3 is 2.42 bits per heavy atom. The first kappa shape index (κ1) is 26.1. The van der Waals surface area contributed by atoms with Gasteiger partial charge in [0.2, 0.25) is 21.9 Å². The summed E-state index contributed by atoms with van der Waals surface area (Å²) in [5.74, 6) is 0.464. The van der Waals surface area contributed by atoms with Crippen molar-refractivity contribution >= 4 is 34.0 Å². The lowest BCUT2D eigenvalue weighted by Gasteiger charge is -2.38. The molecule has 2 saturated heterocycles. The fourth-order valence-electron chi connectivity index (χ4n) is 4.98. The number of benzene rings is 1. The number of amides is 1. The lowest BCUT2D eigenvalue weighted by Crippen LogP contribution is -2.53. The van der Waals surface area contributed by atoms with Crippen LogP contribution >= 0.6 is 0 Å². The van der Waals surface area contributed by atoms with Crippen LogP contribution in [0.25, 0.3) is 12.2 Å². The van der Waals surface area contributed by atoms with E-state index in [1.165, 1.54) is 4.31 Å². The Morgan fingerprint density at radius 1 is 1.00 bits per heavy atom. The number of nitrogens with zero attached hydrogens (tertiary/aromatic N) is 6. The van der Waals surface area contributed by atoms with Gasteiger partial charge >= 0.3 is 0 Å². The fourth-order valence-corrected chi connectivity index (χ4v) is 6.75. The molecule has 2 aliphatic rings. The van der Waals surface area contributed by atoms with Crippen molar-refractivity contribution in [3.8, 4) is 0 Å². The zero-order valence-electron chi connectivity index (χ0n) is 21.7. The number of aromatic nitrogens is 3. The van der Waals surface area contributed by atoms with Gasteiger partial charge in [-0.15, -0.1) is 0 Å². The van der Waals surface area contributed by atoms with Gasteiger partial charge in [0.1, 0.15) is 5.69 Å². The van der Waals surface area contributed by atoms with Crippen molar-refractivity contribution in [2.75, 3.05) is 44.2 Å². The van der Waals surface area contributed by atoms with E-state index < -0.39 is 10.0 Å². The van der Waals surface area contributed by atoms with Gasteiger partial charge in [-0.25, -0.2) is 18.4 Å². The molecule has 1 atom stereocenters. The third kappa shape index (κ3) is 5.48. The molecule has 10 nitrogen and oxygen atoms in total. The normalized spacial score (nSPS) is 19.3. The van der Waals surface area contributed by atoms with Gasteiger partial charge in [0.15, 0.2) is 10.7 Å². The van der Waals surface area contributed by atoms with E-state index in [-0.39, 0.29) is 29.0 Å². The molecule has 0 aliphatic carbocycles. The van der Waals surface area contributed by atoms with Crippen LogP contribution in [0.5, 0.6) is 0 Å². The van der Waals surface area contributed by atoms with Crippen LogP contribution in [0.15, 0.2) is 52.1 Å². The summed E-state index contributed by atoms with van der Waals surface area (Å²) in [6, 6.07) is 9.66. The van der Waals surface area contributed by atoms with E-state index in [1.54, 1.807) is 37.5 Å². The molecular weight excluding hydrogens is 504 g/mol. The van der Waals surface area contributed by atoms with E-state index in [1.807, 2.05) is 36.1 Å². The molecular formula is C27H32N6O4S. The molecule has 11 heteroatoms. The van der Waals surface area contributed by atoms with Crippen molar-refractivity contribution in [1.82, 2.24) is 24.3 Å². The summed E-state index contributed by atoms with van der Waals surface area (Å²) in [5, 5.41) is 3.94. The molecule has 0 unspecified atom stereocenters. The van der Waals surface area contributed by atoms with Gasteiger partial charge in [0.25, 0.3) is 0 Å². The number of carbonyl (C=O) groups excluding carboxylic acids is 1. The molecule has 2 aromatic heterocycles. The number of hydrogen-bond donors (Lipinski definition) is 0. The molecule has 2 aliphatic heterocycles. The third-order valence-electron chi connectivity index (χ3n) is 7.10. The Bertz CT molecular complexity index is 1400. The summed E-state index contributed by atoms with van der Waals surface area (Å²) in [6.07, 6.45) is 8.14. The molecule has 4 heterocycles. The van der Waals surface area contributed by atoms with Crippen molar-refractivity contribution in [3.05, 3.63) is 65.3 Å². The van der Waals surface area contributed by atoms with E-state index in [4.69, 9.17) is 4.52 Å². The number of piperidine rings is 1. The zero-order chi connectivity index (χ0) is 26.7. The van der Waals surface area contributed by atoms with Crippen LogP contribution in [0.4, 0.5) is 5.95 Å². The average Bonchev–Trinajstić information content (AvgIpc) is 3.34. The highest BCUT2D eigenvalue weighted by molar-refractivity contribution is 7.89. The molecule has 1 amide bonds. The Kier molecular flexibility index (Phi) is 7.57. The van der Waals surface area contributed by atoms with E-state index in [2.05, 4.69) is 20.0 Å². The molecule has 0 radical (unpaired) electrons. The van der Waals surface area contributed by atoms with E-state index >= 15 is 0 Å². The smallest absolute Gasteiger partial charge is 0.248 e. The monoisotopic (exact) mass is 536 g/mol. The molecule has 3 aromatic rings. The highest BCUT2D eigenvalue weighted by Crippen LogP contribution is 2.30. The van der Waals surface area contributed by atoms with Crippen LogP contribution in [0.3, 0.4) is 0 Å². The highest BCUT2D eigenvalue weighted by Gasteiger charge is 2.38. The number of carbonyl (C=O) groups is 1. The summed E-state index contributed by atoms with van der Waals surface area (Å²) >= 11 is 0. The van der Waals surface area contributed by atoms with Crippen molar-refractivity contribution < 1.29 is 17.7 Å². The number of rotatable bonds is 6. The summed E-state index contributed by atoms with van der Waals surface area (Å²) in [6.45, 7) is 6.53. The van der Waals surface area contributed by atoms with E-state index in [0.29, 0.717) is 57.2 Å². The van der Waals surface area contributed by atoms with Gasteiger partial charge < -0.3 is 14.3 Å². The SMILES string of the molecule is Cc1ccc(/C=C/c2onc(C)c2S(=O)(=O)N2CCC[C@@H](C(=O)N3CCN(c4ncccn4)CC3)C2)cc1. The number of aryl methyl sites for hydroxylation is 2. The predicted octanol–water partition coefficient (Wildman–Crippen LogP) is 3.00. The second-order valence-corrected chi connectivity index (χ2v) is 11.6. The minimum absolute atomic E-state index is 0.0000564. The van der Waals surface area contributed by atoms with Crippen molar-refractivity contribution in [3.63, 3.8) is 0 Å². The lowest BCUT2D eigenvalue weighted by atomic mass is 9.98. The van der Waals surface area contributed by atoms with Crippen LogP contribution < -0.4 is 4.90 Å². The molecule has 0 spiro atoms. The summed E-state index contributed by atoms with van der Waals surface area (Å²) in [5.41, 5.74) is 2.37. The highest BCUT2D eigenvalue weighted by atomic mass is 32.2. The van der Waals surface area contributed by atoms with Gasteiger partial charge in [-0.1, -0.05) is 41.1 Å². The molecule has 0 bridgehead atoms. The first-order chi connectivity index (χ1) is 18.3. The quantitative estimate of drug-likeness (QED) is 0.473. The average molecular weight is 537 g/mol. The van der Waals surface area contributed by atoms with Crippen molar-refractivity contribution in [2.45, 2.75) is 31.6 Å². The van der Waals surface area contributed by atoms with E-state index in [9.17, 15) is 13.2 Å². The van der Waals surface area contributed by atoms with Crippen LogP contribution in [0.1, 0.15) is 35.4 Å². The van der Waals surface area contributed by atoms with Crippen LogP contribution in [0, 0.1) is 19.8 Å². The maximum absolute atomic E-state index is 13.7.